The van der Waals surface area contributed by atoms with E-state index in [1.165, 1.54) is 18.2 Å². The number of nitrogens with zero attached hydrogens (tertiary/aromatic N) is 1. The standard InChI is InChI=1S/C14H18FNO2/c1-9-7-11(15)3-4-12(9)14(18)16-6-5-13(17)10(2)8-16/h3-4,7,10,13,17H,5-6,8H2,1-2H3. The Hall–Kier alpha value is -1.42. The summed E-state index contributed by atoms with van der Waals surface area (Å²) in [5.74, 6) is -0.318. The maximum atomic E-state index is 13.0. The van der Waals surface area contributed by atoms with E-state index >= 15 is 0 Å². The minimum Gasteiger partial charge on any atom is -0.393 e. The molecule has 1 aliphatic heterocycles. The Morgan fingerprint density at radius 1 is 1.50 bits per heavy atom. The van der Waals surface area contributed by atoms with Gasteiger partial charge in [-0.1, -0.05) is 6.92 Å². The van der Waals surface area contributed by atoms with Gasteiger partial charge in [0.15, 0.2) is 0 Å². The molecule has 1 aromatic carbocycles. The van der Waals surface area contributed by atoms with Crippen molar-refractivity contribution in [3.05, 3.63) is 35.1 Å². The van der Waals surface area contributed by atoms with E-state index in [4.69, 9.17) is 0 Å². The van der Waals surface area contributed by atoms with E-state index in [1.54, 1.807) is 11.8 Å². The molecule has 0 spiro atoms. The van der Waals surface area contributed by atoms with E-state index in [1.807, 2.05) is 6.92 Å². The molecule has 2 rings (SSSR count). The van der Waals surface area contributed by atoms with Crippen LogP contribution in [0.25, 0.3) is 0 Å². The summed E-state index contributed by atoms with van der Waals surface area (Å²) < 4.78 is 13.0. The number of benzene rings is 1. The number of hydrogen-bond acceptors (Lipinski definition) is 2. The summed E-state index contributed by atoms with van der Waals surface area (Å²) in [6.07, 6.45) is 0.274. The van der Waals surface area contributed by atoms with Crippen molar-refractivity contribution in [2.75, 3.05) is 13.1 Å². The zero-order chi connectivity index (χ0) is 13.3. The summed E-state index contributed by atoms with van der Waals surface area (Å²) >= 11 is 0. The first-order valence-corrected chi connectivity index (χ1v) is 6.22. The number of halogens is 1. The Morgan fingerprint density at radius 2 is 2.22 bits per heavy atom. The van der Waals surface area contributed by atoms with Crippen molar-refractivity contribution >= 4 is 5.91 Å². The van der Waals surface area contributed by atoms with Crippen LogP contribution in [0.1, 0.15) is 29.3 Å². The van der Waals surface area contributed by atoms with Crippen molar-refractivity contribution in [3.63, 3.8) is 0 Å². The monoisotopic (exact) mass is 251 g/mol. The van der Waals surface area contributed by atoms with Crippen LogP contribution in [-0.2, 0) is 0 Å². The minimum absolute atomic E-state index is 0.0775. The van der Waals surface area contributed by atoms with E-state index in [2.05, 4.69) is 0 Å². The molecule has 2 atom stereocenters. The molecule has 1 heterocycles. The summed E-state index contributed by atoms with van der Waals surface area (Å²) in [6.45, 7) is 4.78. The number of hydrogen-bond donors (Lipinski definition) is 1. The molecular weight excluding hydrogens is 233 g/mol. The van der Waals surface area contributed by atoms with Gasteiger partial charge in [0.25, 0.3) is 5.91 Å². The van der Waals surface area contributed by atoms with Crippen molar-refractivity contribution in [2.45, 2.75) is 26.4 Å². The van der Waals surface area contributed by atoms with Crippen molar-refractivity contribution in [2.24, 2.45) is 5.92 Å². The highest BCUT2D eigenvalue weighted by Crippen LogP contribution is 2.20. The van der Waals surface area contributed by atoms with Gasteiger partial charge in [0.2, 0.25) is 0 Å². The lowest BCUT2D eigenvalue weighted by atomic mass is 9.95. The molecule has 1 amide bonds. The lowest BCUT2D eigenvalue weighted by molar-refractivity contribution is 0.0297. The zero-order valence-corrected chi connectivity index (χ0v) is 10.7. The smallest absolute Gasteiger partial charge is 0.254 e. The molecule has 1 saturated heterocycles. The Balaban J connectivity index is 2.16. The normalized spacial score (nSPS) is 24.1. The number of carbonyl (C=O) groups is 1. The molecule has 18 heavy (non-hydrogen) atoms. The van der Waals surface area contributed by atoms with Crippen molar-refractivity contribution in [1.82, 2.24) is 4.90 Å². The molecule has 98 valence electrons. The summed E-state index contributed by atoms with van der Waals surface area (Å²) in [5.41, 5.74) is 1.19. The van der Waals surface area contributed by atoms with Crippen molar-refractivity contribution < 1.29 is 14.3 Å². The molecule has 3 nitrogen and oxygen atoms in total. The highest BCUT2D eigenvalue weighted by Gasteiger charge is 2.28. The van der Waals surface area contributed by atoms with Gasteiger partial charge in [0.05, 0.1) is 6.10 Å². The molecule has 0 bridgehead atoms. The number of carbonyl (C=O) groups excluding carboxylic acids is 1. The average Bonchev–Trinajstić information content (AvgIpc) is 2.32. The van der Waals surface area contributed by atoms with Gasteiger partial charge in [-0.3, -0.25) is 4.79 Å². The Labute approximate surface area is 106 Å². The number of likely N-dealkylation sites (tertiary alicyclic amines) is 1. The Morgan fingerprint density at radius 3 is 2.83 bits per heavy atom. The predicted molar refractivity (Wildman–Crippen MR) is 66.8 cm³/mol. The second-order valence-corrected chi connectivity index (χ2v) is 5.04. The summed E-state index contributed by atoms with van der Waals surface area (Å²) in [5, 5.41) is 9.65. The van der Waals surface area contributed by atoms with Crippen LogP contribution in [0.15, 0.2) is 18.2 Å². The van der Waals surface area contributed by atoms with E-state index < -0.39 is 0 Å². The van der Waals surface area contributed by atoms with E-state index in [0.29, 0.717) is 30.6 Å². The fourth-order valence-corrected chi connectivity index (χ4v) is 2.36. The lowest BCUT2D eigenvalue weighted by Crippen LogP contribution is -2.45. The van der Waals surface area contributed by atoms with Crippen molar-refractivity contribution in [3.8, 4) is 0 Å². The molecule has 0 aromatic heterocycles. The first kappa shape index (κ1) is 13.0. The fraction of sp³-hybridized carbons (Fsp3) is 0.500. The summed E-state index contributed by atoms with van der Waals surface area (Å²) in [4.78, 5) is 14.0. The predicted octanol–water partition coefficient (Wildman–Crippen LogP) is 1.98. The van der Waals surface area contributed by atoms with Gasteiger partial charge in [0, 0.05) is 18.7 Å². The van der Waals surface area contributed by atoms with Gasteiger partial charge in [-0.25, -0.2) is 4.39 Å². The zero-order valence-electron chi connectivity index (χ0n) is 10.7. The lowest BCUT2D eigenvalue weighted by Gasteiger charge is -2.34. The molecule has 1 aromatic rings. The van der Waals surface area contributed by atoms with Crippen LogP contribution in [-0.4, -0.2) is 35.1 Å². The third kappa shape index (κ3) is 2.53. The number of rotatable bonds is 1. The van der Waals surface area contributed by atoms with Gasteiger partial charge >= 0.3 is 0 Å². The summed E-state index contributed by atoms with van der Waals surface area (Å²) in [6, 6.07) is 4.21. The van der Waals surface area contributed by atoms with Crippen LogP contribution >= 0.6 is 0 Å². The number of aryl methyl sites for hydroxylation is 1. The highest BCUT2D eigenvalue weighted by molar-refractivity contribution is 5.95. The molecule has 1 aliphatic rings. The van der Waals surface area contributed by atoms with Gasteiger partial charge < -0.3 is 10.0 Å². The van der Waals surface area contributed by atoms with Gasteiger partial charge in [-0.15, -0.1) is 0 Å². The second-order valence-electron chi connectivity index (χ2n) is 5.04. The second kappa shape index (κ2) is 5.06. The molecule has 0 saturated carbocycles. The molecule has 0 aliphatic carbocycles. The Kier molecular flexibility index (Phi) is 3.66. The number of piperidine rings is 1. The minimum atomic E-state index is -0.330. The number of aliphatic hydroxyl groups excluding tert-OH is 1. The fourth-order valence-electron chi connectivity index (χ4n) is 2.36. The average molecular weight is 251 g/mol. The molecule has 4 heteroatoms. The van der Waals surface area contributed by atoms with E-state index in [-0.39, 0.29) is 23.7 Å². The van der Waals surface area contributed by atoms with Gasteiger partial charge in [0.1, 0.15) is 5.82 Å². The first-order valence-electron chi connectivity index (χ1n) is 6.22. The quantitative estimate of drug-likeness (QED) is 0.829. The van der Waals surface area contributed by atoms with Crippen molar-refractivity contribution in [1.29, 1.82) is 0 Å². The Bertz CT molecular complexity index is 461. The third-order valence-corrected chi connectivity index (χ3v) is 3.57. The van der Waals surface area contributed by atoms with E-state index in [9.17, 15) is 14.3 Å². The van der Waals surface area contributed by atoms with Gasteiger partial charge in [-0.05, 0) is 43.0 Å². The van der Waals surface area contributed by atoms with Crippen LogP contribution in [0.2, 0.25) is 0 Å². The maximum Gasteiger partial charge on any atom is 0.254 e. The van der Waals surface area contributed by atoms with Crippen LogP contribution in [0.3, 0.4) is 0 Å². The molecule has 0 radical (unpaired) electrons. The highest BCUT2D eigenvalue weighted by atomic mass is 19.1. The van der Waals surface area contributed by atoms with Crippen LogP contribution in [0.4, 0.5) is 4.39 Å². The van der Waals surface area contributed by atoms with Gasteiger partial charge in [-0.2, -0.15) is 0 Å². The molecule has 1 N–H and O–H groups in total. The van der Waals surface area contributed by atoms with Crippen LogP contribution < -0.4 is 0 Å². The van der Waals surface area contributed by atoms with Crippen LogP contribution in [0, 0.1) is 18.7 Å². The topological polar surface area (TPSA) is 40.5 Å². The summed E-state index contributed by atoms with van der Waals surface area (Å²) in [7, 11) is 0. The maximum absolute atomic E-state index is 13.0. The third-order valence-electron chi connectivity index (χ3n) is 3.57. The SMILES string of the molecule is Cc1cc(F)ccc1C(=O)N1CCC(O)C(C)C1. The molecule has 2 unspecified atom stereocenters. The number of aliphatic hydroxyl groups is 1. The van der Waals surface area contributed by atoms with Crippen LogP contribution in [0.5, 0.6) is 0 Å². The molecular formula is C14H18FNO2. The van der Waals surface area contributed by atoms with E-state index in [0.717, 1.165) is 0 Å². The largest absolute Gasteiger partial charge is 0.393 e. The first-order chi connectivity index (χ1) is 8.49. The number of amides is 1. The molecule has 1 fully saturated rings.